The van der Waals surface area contributed by atoms with Gasteiger partial charge in [-0.05, 0) is 145 Å². The predicted molar refractivity (Wildman–Crippen MR) is 267 cm³/mol. The summed E-state index contributed by atoms with van der Waals surface area (Å²) in [6.45, 7) is 4.75. The Morgan fingerprint density at radius 2 is 0.587 bits per heavy atom. The number of hydrogen-bond donors (Lipinski definition) is 0. The highest BCUT2D eigenvalue weighted by molar-refractivity contribution is 5.90. The summed E-state index contributed by atoms with van der Waals surface area (Å²) in [7, 11) is 0. The van der Waals surface area contributed by atoms with Gasteiger partial charge in [0.05, 0.1) is 0 Å². The summed E-state index contributed by atoms with van der Waals surface area (Å²) in [5.41, 5.74) is 19.0. The molecule has 0 atom stereocenters. The molecule has 0 radical (unpaired) electrons. The summed E-state index contributed by atoms with van der Waals surface area (Å²) in [6, 6.07) is 88.2. The summed E-state index contributed by atoms with van der Waals surface area (Å²) in [5.74, 6) is 0. The average Bonchev–Trinajstić information content (AvgIpc) is 3.57. The predicted octanol–water partition coefficient (Wildman–Crippen LogP) is 17.1. The Kier molecular flexibility index (Phi) is 9.55. The van der Waals surface area contributed by atoms with Gasteiger partial charge in [-0.15, -0.1) is 0 Å². The zero-order chi connectivity index (χ0) is 42.3. The Hall–Kier alpha value is -7.94. The van der Waals surface area contributed by atoms with Crippen LogP contribution in [0.3, 0.4) is 0 Å². The molecule has 2 nitrogen and oxygen atoms in total. The van der Waals surface area contributed by atoms with E-state index in [1.807, 2.05) is 0 Å². The van der Waals surface area contributed by atoms with Gasteiger partial charge in [0.15, 0.2) is 0 Å². The van der Waals surface area contributed by atoms with Gasteiger partial charge in [0.1, 0.15) is 0 Å². The molecule has 1 aliphatic carbocycles. The number of hydrogen-bond acceptors (Lipinski definition) is 2. The van der Waals surface area contributed by atoms with E-state index >= 15 is 0 Å². The Labute approximate surface area is 370 Å². The van der Waals surface area contributed by atoms with Gasteiger partial charge in [-0.2, -0.15) is 0 Å². The highest BCUT2D eigenvalue weighted by atomic mass is 15.1. The molecule has 11 rings (SSSR count). The van der Waals surface area contributed by atoms with Crippen LogP contribution in [0.1, 0.15) is 25.0 Å². The molecule has 0 aliphatic heterocycles. The van der Waals surface area contributed by atoms with Crippen molar-refractivity contribution in [2.45, 2.75) is 19.3 Å². The van der Waals surface area contributed by atoms with Gasteiger partial charge in [0.25, 0.3) is 0 Å². The first-order valence-corrected chi connectivity index (χ1v) is 21.8. The Morgan fingerprint density at radius 1 is 0.254 bits per heavy atom. The molecule has 0 amide bonds. The van der Waals surface area contributed by atoms with Crippen LogP contribution in [-0.4, -0.2) is 0 Å². The van der Waals surface area contributed by atoms with Crippen molar-refractivity contribution in [1.82, 2.24) is 0 Å². The molecule has 0 aromatic heterocycles. The van der Waals surface area contributed by atoms with Crippen LogP contribution in [0.15, 0.2) is 243 Å². The Bertz CT molecular complexity index is 3210. The van der Waals surface area contributed by atoms with E-state index in [1.165, 1.54) is 66.4 Å². The second-order valence-corrected chi connectivity index (χ2v) is 17.0. The first-order valence-electron chi connectivity index (χ1n) is 21.8. The third kappa shape index (κ3) is 7.06. The minimum Gasteiger partial charge on any atom is -0.310 e. The second-order valence-electron chi connectivity index (χ2n) is 17.0. The van der Waals surface area contributed by atoms with Gasteiger partial charge in [-0.25, -0.2) is 0 Å². The van der Waals surface area contributed by atoms with Gasteiger partial charge in [-0.1, -0.05) is 178 Å². The molecule has 10 aromatic rings. The van der Waals surface area contributed by atoms with Crippen molar-refractivity contribution in [3.8, 4) is 44.5 Å². The number of benzene rings is 10. The van der Waals surface area contributed by atoms with Crippen LogP contribution >= 0.6 is 0 Å². The van der Waals surface area contributed by atoms with Crippen LogP contribution in [-0.2, 0) is 5.41 Å². The lowest BCUT2D eigenvalue weighted by Crippen LogP contribution is -2.17. The molecule has 2 heteroatoms. The number of nitrogens with zero attached hydrogens (tertiary/aromatic N) is 2. The van der Waals surface area contributed by atoms with Crippen LogP contribution < -0.4 is 9.80 Å². The first-order chi connectivity index (χ1) is 31.0. The fraction of sp³-hybridized carbons (Fsp3) is 0.0492. The van der Waals surface area contributed by atoms with Crippen molar-refractivity contribution in [3.63, 3.8) is 0 Å². The highest BCUT2D eigenvalue weighted by Gasteiger charge is 2.37. The average molecular weight is 807 g/mol. The minimum atomic E-state index is -0.239. The maximum Gasteiger partial charge on any atom is 0.0465 e. The summed E-state index contributed by atoms with van der Waals surface area (Å²) >= 11 is 0. The maximum absolute atomic E-state index is 2.42. The molecular weight excluding hydrogens is 761 g/mol. The van der Waals surface area contributed by atoms with Gasteiger partial charge in [-0.3, -0.25) is 0 Å². The highest BCUT2D eigenvalue weighted by Crippen LogP contribution is 2.52. The van der Waals surface area contributed by atoms with Crippen molar-refractivity contribution in [2.24, 2.45) is 0 Å². The van der Waals surface area contributed by atoms with E-state index in [9.17, 15) is 0 Å². The molecule has 0 N–H and O–H groups in total. The zero-order valence-corrected chi connectivity index (χ0v) is 35.5. The molecule has 300 valence electrons. The van der Waals surface area contributed by atoms with Crippen molar-refractivity contribution in [3.05, 3.63) is 254 Å². The van der Waals surface area contributed by atoms with Crippen LogP contribution in [0.25, 0.3) is 55.3 Å². The quantitative estimate of drug-likeness (QED) is 0.143. The lowest BCUT2D eigenvalue weighted by molar-refractivity contribution is 0.660. The molecule has 1 aliphatic rings. The van der Waals surface area contributed by atoms with E-state index < -0.39 is 0 Å². The standard InChI is InChI=1S/C61H46N2/c1-61(2)59-41-55(62(51-18-8-4-9-19-51)53-32-28-47(29-33-53)46-24-22-45(23-25-46)43-14-6-3-7-15-43)36-38-57(59)58-39-37-56(42-60(58)61)63(52-20-10-5-11-21-52)54-34-30-48(31-35-54)50-27-26-44-16-12-13-17-49(44)40-50/h3-42H,1-2H3. The van der Waals surface area contributed by atoms with Crippen molar-refractivity contribution >= 4 is 44.9 Å². The van der Waals surface area contributed by atoms with Gasteiger partial charge in [0, 0.05) is 39.5 Å². The summed E-state index contributed by atoms with van der Waals surface area (Å²) in [5, 5.41) is 2.51. The fourth-order valence-electron chi connectivity index (χ4n) is 9.50. The van der Waals surface area contributed by atoms with Gasteiger partial charge < -0.3 is 9.80 Å². The fourth-order valence-corrected chi connectivity index (χ4v) is 9.50. The van der Waals surface area contributed by atoms with E-state index in [4.69, 9.17) is 0 Å². The van der Waals surface area contributed by atoms with Crippen molar-refractivity contribution in [1.29, 1.82) is 0 Å². The van der Waals surface area contributed by atoms with E-state index in [1.54, 1.807) is 0 Å². The molecule has 0 saturated heterocycles. The third-order valence-corrected chi connectivity index (χ3v) is 12.8. The number of anilines is 6. The van der Waals surface area contributed by atoms with E-state index in [0.29, 0.717) is 0 Å². The summed E-state index contributed by atoms with van der Waals surface area (Å²) < 4.78 is 0. The van der Waals surface area contributed by atoms with Crippen LogP contribution in [0.5, 0.6) is 0 Å². The SMILES string of the molecule is CC1(C)c2cc(N(c3ccccc3)c3ccc(-c4ccc(-c5ccccc5)cc4)cc3)ccc2-c2ccc(N(c3ccccc3)c3ccc(-c4ccc5ccccc5c4)cc3)cc21. The maximum atomic E-state index is 2.42. The van der Waals surface area contributed by atoms with Gasteiger partial charge >= 0.3 is 0 Å². The third-order valence-electron chi connectivity index (χ3n) is 12.8. The number of rotatable bonds is 9. The molecule has 10 aromatic carbocycles. The molecule has 0 bridgehead atoms. The second kappa shape index (κ2) is 15.8. The van der Waals surface area contributed by atoms with E-state index in [0.717, 1.165) is 34.1 Å². The van der Waals surface area contributed by atoms with Gasteiger partial charge in [0.2, 0.25) is 0 Å². The minimum absolute atomic E-state index is 0.239. The van der Waals surface area contributed by atoms with E-state index in [2.05, 4.69) is 266 Å². The van der Waals surface area contributed by atoms with Crippen LogP contribution in [0.2, 0.25) is 0 Å². The lowest BCUT2D eigenvalue weighted by atomic mass is 9.82. The topological polar surface area (TPSA) is 6.48 Å². The Balaban J connectivity index is 0.922. The Morgan fingerprint density at radius 3 is 1.06 bits per heavy atom. The largest absolute Gasteiger partial charge is 0.310 e. The normalized spacial score (nSPS) is 12.4. The molecule has 0 saturated carbocycles. The lowest BCUT2D eigenvalue weighted by Gasteiger charge is -2.29. The molecule has 0 heterocycles. The summed E-state index contributed by atoms with van der Waals surface area (Å²) in [6.07, 6.45) is 0. The van der Waals surface area contributed by atoms with Crippen LogP contribution in [0, 0.1) is 0 Å². The molecule has 0 spiro atoms. The molecular formula is C61H46N2. The zero-order valence-electron chi connectivity index (χ0n) is 35.5. The van der Waals surface area contributed by atoms with Crippen molar-refractivity contribution in [2.75, 3.05) is 9.80 Å². The number of para-hydroxylation sites is 2. The first kappa shape index (κ1) is 38.0. The van der Waals surface area contributed by atoms with Crippen molar-refractivity contribution < 1.29 is 0 Å². The van der Waals surface area contributed by atoms with E-state index in [-0.39, 0.29) is 5.41 Å². The van der Waals surface area contributed by atoms with Crippen LogP contribution in [0.4, 0.5) is 34.1 Å². The molecule has 0 fully saturated rings. The molecule has 0 unspecified atom stereocenters. The number of fused-ring (bicyclic) bond motifs is 4. The smallest absolute Gasteiger partial charge is 0.0465 e. The summed E-state index contributed by atoms with van der Waals surface area (Å²) in [4.78, 5) is 4.76. The monoisotopic (exact) mass is 806 g/mol. The molecule has 63 heavy (non-hydrogen) atoms.